The van der Waals surface area contributed by atoms with Gasteiger partial charge in [0.25, 0.3) is 0 Å². The predicted octanol–water partition coefficient (Wildman–Crippen LogP) is 3.37. The second kappa shape index (κ2) is 7.43. The topological polar surface area (TPSA) is 15.7 Å². The minimum Gasteiger partial charge on any atom is -0.496 e. The van der Waals surface area contributed by atoms with Crippen LogP contribution in [0.1, 0.15) is 25.3 Å². The van der Waals surface area contributed by atoms with Crippen molar-refractivity contribution in [2.45, 2.75) is 32.4 Å². The molecule has 1 aromatic rings. The maximum Gasteiger partial charge on any atom is 0.123 e. The van der Waals surface area contributed by atoms with E-state index < -0.39 is 0 Å². The highest BCUT2D eigenvalue weighted by Crippen LogP contribution is 2.25. The lowest BCUT2D eigenvalue weighted by atomic mass is 10.1. The number of hydrogen-bond donors (Lipinski definition) is 0. The van der Waals surface area contributed by atoms with Crippen LogP contribution >= 0.6 is 15.9 Å². The molecule has 0 N–H and O–H groups in total. The Hall–Kier alpha value is -0.580. The van der Waals surface area contributed by atoms with Crippen LogP contribution in [0.25, 0.3) is 0 Å². The van der Waals surface area contributed by atoms with Crippen LogP contribution in [0.3, 0.4) is 0 Å². The van der Waals surface area contributed by atoms with Crippen molar-refractivity contribution in [1.29, 1.82) is 0 Å². The molecule has 4 heteroatoms. The standard InChI is InChI=1S/C16H25BrN2O/c1-4-19-9-5-6-15(19)12-18(2)11-13-10-14(17)7-8-16(13)20-3/h7-8,10,15H,4-6,9,11-12H2,1-3H3. The number of nitrogens with zero attached hydrogens (tertiary/aromatic N) is 2. The van der Waals surface area contributed by atoms with Gasteiger partial charge >= 0.3 is 0 Å². The average molecular weight is 341 g/mol. The van der Waals surface area contributed by atoms with Crippen molar-refractivity contribution >= 4 is 15.9 Å². The summed E-state index contributed by atoms with van der Waals surface area (Å²) in [6.07, 6.45) is 2.67. The summed E-state index contributed by atoms with van der Waals surface area (Å²) >= 11 is 3.54. The minimum atomic E-state index is 0.711. The van der Waals surface area contributed by atoms with Crippen LogP contribution in [0.15, 0.2) is 22.7 Å². The maximum absolute atomic E-state index is 5.46. The molecule has 0 amide bonds. The van der Waals surface area contributed by atoms with Crippen molar-refractivity contribution in [2.75, 3.05) is 33.8 Å². The zero-order valence-corrected chi connectivity index (χ0v) is 14.3. The van der Waals surface area contributed by atoms with Crippen molar-refractivity contribution in [3.05, 3.63) is 28.2 Å². The summed E-state index contributed by atoms with van der Waals surface area (Å²) in [4.78, 5) is 5.00. The Morgan fingerprint density at radius 2 is 2.25 bits per heavy atom. The van der Waals surface area contributed by atoms with Gasteiger partial charge in [-0.25, -0.2) is 0 Å². The molecule has 0 saturated carbocycles. The number of hydrogen-bond acceptors (Lipinski definition) is 3. The molecule has 1 fully saturated rings. The van der Waals surface area contributed by atoms with Gasteiger partial charge in [-0.3, -0.25) is 4.90 Å². The quantitative estimate of drug-likeness (QED) is 0.789. The molecule has 0 bridgehead atoms. The summed E-state index contributed by atoms with van der Waals surface area (Å²) in [6.45, 7) is 6.74. The third-order valence-corrected chi connectivity index (χ3v) is 4.60. The molecule has 0 aliphatic carbocycles. The Kier molecular flexibility index (Phi) is 5.87. The summed E-state index contributed by atoms with van der Waals surface area (Å²) in [7, 11) is 3.94. The van der Waals surface area contributed by atoms with E-state index in [9.17, 15) is 0 Å². The van der Waals surface area contributed by atoms with Gasteiger partial charge in [-0.1, -0.05) is 22.9 Å². The minimum absolute atomic E-state index is 0.711. The first-order chi connectivity index (χ1) is 9.63. The van der Waals surface area contributed by atoms with Gasteiger partial charge in [-0.05, 0) is 51.2 Å². The van der Waals surface area contributed by atoms with Gasteiger partial charge in [-0.2, -0.15) is 0 Å². The summed E-state index contributed by atoms with van der Waals surface area (Å²) in [5.41, 5.74) is 1.24. The van der Waals surface area contributed by atoms with E-state index in [1.54, 1.807) is 7.11 Å². The Morgan fingerprint density at radius 1 is 1.45 bits per heavy atom. The van der Waals surface area contributed by atoms with Crippen LogP contribution in [0, 0.1) is 0 Å². The fourth-order valence-corrected chi connectivity index (χ4v) is 3.51. The molecular formula is C16H25BrN2O. The van der Waals surface area contributed by atoms with E-state index >= 15 is 0 Å². The molecule has 1 aromatic carbocycles. The van der Waals surface area contributed by atoms with Gasteiger partial charge in [0.05, 0.1) is 7.11 Å². The van der Waals surface area contributed by atoms with Crippen molar-refractivity contribution < 1.29 is 4.74 Å². The number of ether oxygens (including phenoxy) is 1. The highest BCUT2D eigenvalue weighted by molar-refractivity contribution is 9.10. The largest absolute Gasteiger partial charge is 0.496 e. The second-order valence-electron chi connectivity index (χ2n) is 5.58. The molecule has 1 aliphatic rings. The van der Waals surface area contributed by atoms with E-state index in [2.05, 4.69) is 45.8 Å². The summed E-state index contributed by atoms with van der Waals surface area (Å²) in [5.74, 6) is 0.971. The zero-order chi connectivity index (χ0) is 14.5. The van der Waals surface area contributed by atoms with E-state index in [1.807, 2.05) is 12.1 Å². The molecule has 2 rings (SSSR count). The van der Waals surface area contributed by atoms with Crippen LogP contribution in [0.2, 0.25) is 0 Å². The fraction of sp³-hybridized carbons (Fsp3) is 0.625. The Morgan fingerprint density at radius 3 is 2.95 bits per heavy atom. The number of methoxy groups -OCH3 is 1. The van der Waals surface area contributed by atoms with Crippen LogP contribution < -0.4 is 4.74 Å². The van der Waals surface area contributed by atoms with E-state index in [-0.39, 0.29) is 0 Å². The van der Waals surface area contributed by atoms with Crippen molar-refractivity contribution in [3.8, 4) is 5.75 Å². The van der Waals surface area contributed by atoms with Gasteiger partial charge in [0.15, 0.2) is 0 Å². The fourth-order valence-electron chi connectivity index (χ4n) is 3.10. The number of halogens is 1. The summed E-state index contributed by atoms with van der Waals surface area (Å²) in [5, 5.41) is 0. The number of likely N-dealkylation sites (N-methyl/N-ethyl adjacent to an activating group) is 2. The van der Waals surface area contributed by atoms with Crippen molar-refractivity contribution in [2.24, 2.45) is 0 Å². The number of benzene rings is 1. The molecular weight excluding hydrogens is 316 g/mol. The van der Waals surface area contributed by atoms with E-state index in [0.717, 1.165) is 23.3 Å². The van der Waals surface area contributed by atoms with Crippen LogP contribution in [-0.4, -0.2) is 49.6 Å². The number of likely N-dealkylation sites (tertiary alicyclic amines) is 1. The van der Waals surface area contributed by atoms with E-state index in [1.165, 1.54) is 31.5 Å². The smallest absolute Gasteiger partial charge is 0.123 e. The predicted molar refractivity (Wildman–Crippen MR) is 87.3 cm³/mol. The van der Waals surface area contributed by atoms with Crippen LogP contribution in [-0.2, 0) is 6.54 Å². The molecule has 1 atom stereocenters. The molecule has 1 saturated heterocycles. The van der Waals surface area contributed by atoms with Gasteiger partial charge in [0.2, 0.25) is 0 Å². The van der Waals surface area contributed by atoms with Gasteiger partial charge in [-0.15, -0.1) is 0 Å². The SMILES string of the molecule is CCN1CCCC1CN(C)Cc1cc(Br)ccc1OC. The summed E-state index contributed by atoms with van der Waals surface area (Å²) < 4.78 is 6.56. The van der Waals surface area contributed by atoms with Crippen molar-refractivity contribution in [3.63, 3.8) is 0 Å². The Balaban J connectivity index is 1.97. The molecule has 0 aromatic heterocycles. The van der Waals surface area contributed by atoms with Gasteiger partial charge in [0, 0.05) is 29.2 Å². The maximum atomic E-state index is 5.46. The van der Waals surface area contributed by atoms with Gasteiger partial charge < -0.3 is 9.64 Å². The van der Waals surface area contributed by atoms with Crippen molar-refractivity contribution in [1.82, 2.24) is 9.80 Å². The summed E-state index contributed by atoms with van der Waals surface area (Å²) in [6, 6.07) is 6.92. The third-order valence-electron chi connectivity index (χ3n) is 4.11. The van der Waals surface area contributed by atoms with E-state index in [4.69, 9.17) is 4.74 Å². The molecule has 0 spiro atoms. The normalized spacial score (nSPS) is 19.8. The third kappa shape index (κ3) is 3.96. The molecule has 112 valence electrons. The highest BCUT2D eigenvalue weighted by Gasteiger charge is 2.24. The highest BCUT2D eigenvalue weighted by atomic mass is 79.9. The molecule has 20 heavy (non-hydrogen) atoms. The second-order valence-corrected chi connectivity index (χ2v) is 6.49. The van der Waals surface area contributed by atoms with Gasteiger partial charge in [0.1, 0.15) is 5.75 Å². The molecule has 1 unspecified atom stereocenters. The first kappa shape index (κ1) is 15.8. The first-order valence-corrected chi connectivity index (χ1v) is 8.18. The lowest BCUT2D eigenvalue weighted by molar-refractivity contribution is 0.193. The number of rotatable bonds is 6. The molecule has 0 radical (unpaired) electrons. The molecule has 1 aliphatic heterocycles. The monoisotopic (exact) mass is 340 g/mol. The lowest BCUT2D eigenvalue weighted by Crippen LogP contribution is -2.38. The average Bonchev–Trinajstić information content (AvgIpc) is 2.86. The van der Waals surface area contributed by atoms with E-state index in [0.29, 0.717) is 6.04 Å². The molecule has 1 heterocycles. The van der Waals surface area contributed by atoms with Crippen LogP contribution in [0.4, 0.5) is 0 Å². The lowest BCUT2D eigenvalue weighted by Gasteiger charge is -2.28. The zero-order valence-electron chi connectivity index (χ0n) is 12.7. The first-order valence-electron chi connectivity index (χ1n) is 7.39. The Labute approximate surface area is 131 Å². The Bertz CT molecular complexity index is 438. The molecule has 3 nitrogen and oxygen atoms in total. The van der Waals surface area contributed by atoms with Crippen LogP contribution in [0.5, 0.6) is 5.75 Å².